The van der Waals surface area contributed by atoms with Crippen molar-refractivity contribution in [3.8, 4) is 10.6 Å². The number of nitrogens with zero attached hydrogens (tertiary/aromatic N) is 5. The number of esters is 1. The Morgan fingerprint density at radius 3 is 2.57 bits per heavy atom. The predicted octanol–water partition coefficient (Wildman–Crippen LogP) is 0.709. The number of carbonyl (C=O) groups is 2. The van der Waals surface area contributed by atoms with E-state index in [-0.39, 0.29) is 30.4 Å². The Morgan fingerprint density at radius 1 is 1.22 bits per heavy atom. The zero-order chi connectivity index (χ0) is 27.1. The van der Waals surface area contributed by atoms with Crippen molar-refractivity contribution in [2.45, 2.75) is 20.4 Å². The zero-order valence-corrected chi connectivity index (χ0v) is 22.1. The van der Waals surface area contributed by atoms with Crippen LogP contribution in [0.1, 0.15) is 12.5 Å². The minimum absolute atomic E-state index is 0.0503. The predicted molar refractivity (Wildman–Crippen MR) is 136 cm³/mol. The topological polar surface area (TPSA) is 171 Å². The van der Waals surface area contributed by atoms with Gasteiger partial charge in [0, 0.05) is 40.2 Å². The lowest BCUT2D eigenvalue weighted by molar-refractivity contribution is -0.149. The summed E-state index contributed by atoms with van der Waals surface area (Å²) in [4.78, 5) is 52.0. The average Bonchev–Trinajstić information content (AvgIpc) is 3.32. The maximum atomic E-state index is 13.0. The van der Waals surface area contributed by atoms with Gasteiger partial charge in [-0.1, -0.05) is 35.1 Å². The molecule has 0 aliphatic rings. The van der Waals surface area contributed by atoms with E-state index < -0.39 is 47.5 Å². The number of halogens is 1. The second kappa shape index (κ2) is 12.7. The third-order valence-corrected chi connectivity index (χ3v) is 7.02. The molecule has 0 aliphatic heterocycles. The van der Waals surface area contributed by atoms with E-state index in [4.69, 9.17) is 16.3 Å². The Labute approximate surface area is 222 Å². The second-order valence-electron chi connectivity index (χ2n) is 7.54. The van der Waals surface area contributed by atoms with Crippen molar-refractivity contribution < 1.29 is 23.1 Å². The highest BCUT2D eigenvalue weighted by molar-refractivity contribution is 7.80. The molecule has 0 fully saturated rings. The van der Waals surface area contributed by atoms with Crippen molar-refractivity contribution in [2.24, 2.45) is 0 Å². The second-order valence-corrected chi connectivity index (χ2v) is 9.80. The number of hydrogen-bond acceptors (Lipinski definition) is 10. The fraction of sp³-hybridized carbons (Fsp3) is 0.333. The molecule has 13 nitrogen and oxygen atoms in total. The van der Waals surface area contributed by atoms with Crippen LogP contribution in [0.5, 0.6) is 0 Å². The van der Waals surface area contributed by atoms with Crippen molar-refractivity contribution in [3.05, 3.63) is 61.9 Å². The molecule has 0 saturated heterocycles. The fourth-order valence-electron chi connectivity index (χ4n) is 3.11. The molecule has 3 aromatic rings. The molecule has 2 heterocycles. The molecule has 0 bridgehead atoms. The number of amides is 1. The van der Waals surface area contributed by atoms with E-state index in [1.165, 1.54) is 13.1 Å². The molecule has 2 aromatic heterocycles. The van der Waals surface area contributed by atoms with E-state index in [1.807, 2.05) is 0 Å². The molecule has 1 amide bonds. The lowest BCUT2D eigenvalue weighted by atomic mass is 10.2. The maximum Gasteiger partial charge on any atom is 0.328 e. The summed E-state index contributed by atoms with van der Waals surface area (Å²) in [5, 5.41) is 9.00. The van der Waals surface area contributed by atoms with Crippen LogP contribution in [0, 0.1) is 6.92 Å². The molecular formula is C21H22ClN6O7S2-. The van der Waals surface area contributed by atoms with Gasteiger partial charge in [-0.05, 0) is 26.0 Å². The van der Waals surface area contributed by atoms with E-state index >= 15 is 0 Å². The summed E-state index contributed by atoms with van der Waals surface area (Å²) in [6.07, 6.45) is 1.22. The van der Waals surface area contributed by atoms with Crippen molar-refractivity contribution in [1.29, 1.82) is 0 Å². The summed E-state index contributed by atoms with van der Waals surface area (Å²) >= 11 is 4.14. The highest BCUT2D eigenvalue weighted by Crippen LogP contribution is 2.29. The van der Waals surface area contributed by atoms with E-state index in [9.17, 15) is 27.9 Å². The minimum Gasteiger partial charge on any atom is -0.755 e. The van der Waals surface area contributed by atoms with Crippen LogP contribution in [-0.2, 0) is 32.1 Å². The van der Waals surface area contributed by atoms with Crippen LogP contribution in [-0.4, -0.2) is 71.5 Å². The number of anilines is 1. The van der Waals surface area contributed by atoms with E-state index in [0.717, 1.165) is 25.1 Å². The van der Waals surface area contributed by atoms with Gasteiger partial charge in [0.05, 0.1) is 13.2 Å². The summed E-state index contributed by atoms with van der Waals surface area (Å²) in [6.45, 7) is 1.70. The molecule has 0 aliphatic carbocycles. The first-order valence-electron chi connectivity index (χ1n) is 10.8. The molecule has 0 spiro atoms. The monoisotopic (exact) mass is 569 g/mol. The van der Waals surface area contributed by atoms with Crippen molar-refractivity contribution >= 4 is 51.2 Å². The quantitative estimate of drug-likeness (QED) is 0.258. The van der Waals surface area contributed by atoms with Crippen molar-refractivity contribution in [3.63, 3.8) is 0 Å². The average molecular weight is 570 g/mol. The van der Waals surface area contributed by atoms with Gasteiger partial charge in [0.2, 0.25) is 11.0 Å². The SMILES string of the molecule is CCOC(=O)CN(CCN(c1nnc(-c2ccc(Cl)cc2)s1)S(=O)[O-])C(=O)Cn1cc(C)c(=O)[nH]c1=O. The lowest BCUT2D eigenvalue weighted by Gasteiger charge is -2.27. The van der Waals surface area contributed by atoms with Gasteiger partial charge in [0.25, 0.3) is 5.56 Å². The number of ether oxygens (including phenoxy) is 1. The Bertz CT molecular complexity index is 1410. The number of aromatic amines is 1. The van der Waals surface area contributed by atoms with Crippen molar-refractivity contribution in [1.82, 2.24) is 24.6 Å². The summed E-state index contributed by atoms with van der Waals surface area (Å²) in [6, 6.07) is 6.75. The fourth-order valence-corrected chi connectivity index (χ4v) is 4.71. The number of carbonyl (C=O) groups excluding carboxylic acids is 2. The van der Waals surface area contributed by atoms with Crippen LogP contribution in [0.25, 0.3) is 10.6 Å². The highest BCUT2D eigenvalue weighted by Gasteiger charge is 2.22. The highest BCUT2D eigenvalue weighted by atomic mass is 35.5. The minimum atomic E-state index is -2.77. The zero-order valence-electron chi connectivity index (χ0n) is 19.7. The van der Waals surface area contributed by atoms with Gasteiger partial charge in [0.15, 0.2) is 0 Å². The Balaban J connectivity index is 1.79. The van der Waals surface area contributed by atoms with Crippen molar-refractivity contribution in [2.75, 3.05) is 30.5 Å². The van der Waals surface area contributed by atoms with Gasteiger partial charge in [-0.15, -0.1) is 10.2 Å². The molecule has 3 rings (SSSR count). The number of hydrogen-bond donors (Lipinski definition) is 1. The van der Waals surface area contributed by atoms with Gasteiger partial charge in [0.1, 0.15) is 18.1 Å². The van der Waals surface area contributed by atoms with E-state index in [1.54, 1.807) is 31.2 Å². The maximum absolute atomic E-state index is 13.0. The summed E-state index contributed by atoms with van der Waals surface area (Å²) in [7, 11) is 0. The third-order valence-electron chi connectivity index (χ3n) is 4.94. The lowest BCUT2D eigenvalue weighted by Crippen LogP contribution is -2.45. The Hall–Kier alpha value is -3.40. The molecule has 1 N–H and O–H groups in total. The van der Waals surface area contributed by atoms with Crippen LogP contribution < -0.4 is 15.6 Å². The molecule has 0 saturated carbocycles. The van der Waals surface area contributed by atoms with Gasteiger partial charge in [-0.25, -0.2) is 4.79 Å². The Kier molecular flexibility index (Phi) is 9.68. The number of H-pyrrole nitrogens is 1. The molecule has 1 unspecified atom stereocenters. The van der Waals surface area contributed by atoms with Gasteiger partial charge in [-0.3, -0.25) is 32.4 Å². The number of aromatic nitrogens is 4. The first kappa shape index (κ1) is 28.2. The number of aryl methyl sites for hydroxylation is 1. The van der Waals surface area contributed by atoms with Crippen LogP contribution in [0.3, 0.4) is 0 Å². The van der Waals surface area contributed by atoms with E-state index in [0.29, 0.717) is 15.6 Å². The molecule has 0 radical (unpaired) electrons. The molecule has 1 aromatic carbocycles. The largest absolute Gasteiger partial charge is 0.755 e. The third kappa shape index (κ3) is 7.55. The van der Waals surface area contributed by atoms with Gasteiger partial charge < -0.3 is 14.2 Å². The molecular weight excluding hydrogens is 548 g/mol. The number of nitrogens with one attached hydrogen (secondary N) is 1. The molecule has 1 atom stereocenters. The first-order valence-corrected chi connectivity index (χ1v) is 13.0. The summed E-state index contributed by atoms with van der Waals surface area (Å²) in [5.74, 6) is -1.38. The Morgan fingerprint density at radius 2 is 1.92 bits per heavy atom. The van der Waals surface area contributed by atoms with Gasteiger partial charge >= 0.3 is 11.7 Å². The van der Waals surface area contributed by atoms with E-state index in [2.05, 4.69) is 15.2 Å². The van der Waals surface area contributed by atoms with Crippen LogP contribution in [0.4, 0.5) is 5.13 Å². The number of rotatable bonds is 11. The molecule has 16 heteroatoms. The normalized spacial score (nSPS) is 11.7. The van der Waals surface area contributed by atoms with Crippen LogP contribution in [0.2, 0.25) is 5.02 Å². The van der Waals surface area contributed by atoms with Gasteiger partial charge in [-0.2, -0.15) is 0 Å². The van der Waals surface area contributed by atoms with Crippen LogP contribution >= 0.6 is 22.9 Å². The first-order chi connectivity index (χ1) is 17.6. The van der Waals surface area contributed by atoms with Crippen LogP contribution in [0.15, 0.2) is 40.1 Å². The number of benzene rings is 1. The molecule has 37 heavy (non-hydrogen) atoms. The summed E-state index contributed by atoms with van der Waals surface area (Å²) < 4.78 is 30.8. The smallest absolute Gasteiger partial charge is 0.328 e. The summed E-state index contributed by atoms with van der Waals surface area (Å²) in [5.41, 5.74) is -0.484. The molecule has 198 valence electrons. The standard InChI is InChI=1S/C21H23ClN6O7S2/c1-3-35-17(30)12-26(16(29)11-27-10-13(2)18(31)23-20(27)32)8-9-28(37(33)34)21-25-24-19(36-21)14-4-6-15(22)7-5-14/h4-7,10H,3,8-9,11-12H2,1-2H3,(H,33,34)(H,23,31,32)/p-1.